The molecule has 0 amide bonds. The fourth-order valence-corrected chi connectivity index (χ4v) is 3.20. The van der Waals surface area contributed by atoms with Crippen LogP contribution in [-0.2, 0) is 0 Å². The molecule has 0 aromatic heterocycles. The van der Waals surface area contributed by atoms with Gasteiger partial charge in [0.2, 0.25) is 0 Å². The Bertz CT molecular complexity index is 115. The predicted molar refractivity (Wildman–Crippen MR) is 53.2 cm³/mol. The highest BCUT2D eigenvalue weighted by Gasteiger charge is 2.26. The molecule has 2 unspecified atom stereocenters. The summed E-state index contributed by atoms with van der Waals surface area (Å²) in [7, 11) is 0. The highest BCUT2D eigenvalue weighted by atomic mass is 32.2. The summed E-state index contributed by atoms with van der Waals surface area (Å²) in [6.45, 7) is 9.26. The van der Waals surface area contributed by atoms with Crippen molar-refractivity contribution >= 4 is 11.8 Å². The van der Waals surface area contributed by atoms with Gasteiger partial charge >= 0.3 is 0 Å². The Morgan fingerprint density at radius 3 is 1.91 bits per heavy atom. The monoisotopic (exact) mass is 173 g/mol. The van der Waals surface area contributed by atoms with Crippen molar-refractivity contribution in [3.63, 3.8) is 0 Å². The van der Waals surface area contributed by atoms with E-state index in [1.54, 1.807) is 0 Å². The number of thioether (sulfide) groups is 1. The third kappa shape index (κ3) is 2.12. The van der Waals surface area contributed by atoms with Gasteiger partial charge in [-0.25, -0.2) is 0 Å². The predicted octanol–water partition coefficient (Wildman–Crippen LogP) is 2.22. The summed E-state index contributed by atoms with van der Waals surface area (Å²) in [5, 5.41) is 0. The first kappa shape index (κ1) is 9.40. The molecular formula is C9H19NS. The van der Waals surface area contributed by atoms with E-state index in [9.17, 15) is 0 Å². The van der Waals surface area contributed by atoms with Crippen LogP contribution in [0, 0.1) is 0 Å². The van der Waals surface area contributed by atoms with E-state index >= 15 is 0 Å². The lowest BCUT2D eigenvalue weighted by atomic mass is 10.1. The quantitative estimate of drug-likeness (QED) is 0.598. The zero-order chi connectivity index (χ0) is 8.43. The van der Waals surface area contributed by atoms with Gasteiger partial charge < -0.3 is 0 Å². The van der Waals surface area contributed by atoms with Crippen LogP contribution in [0.1, 0.15) is 27.7 Å². The van der Waals surface area contributed by atoms with E-state index in [2.05, 4.69) is 44.4 Å². The van der Waals surface area contributed by atoms with Crippen molar-refractivity contribution in [1.82, 2.24) is 4.90 Å². The van der Waals surface area contributed by atoms with Crippen LogP contribution in [-0.4, -0.2) is 34.5 Å². The molecule has 0 radical (unpaired) electrons. The molecule has 0 aliphatic carbocycles. The van der Waals surface area contributed by atoms with Gasteiger partial charge in [-0.05, 0) is 27.7 Å². The standard InChI is InChI=1S/C9H19NS/c1-7(2)10-8(3)5-11-6-9(10)4/h7-9H,5-6H2,1-4H3. The Labute approximate surface area is 74.5 Å². The normalized spacial score (nSPS) is 34.6. The summed E-state index contributed by atoms with van der Waals surface area (Å²) < 4.78 is 0. The number of rotatable bonds is 1. The molecule has 1 saturated heterocycles. The van der Waals surface area contributed by atoms with E-state index in [-0.39, 0.29) is 0 Å². The van der Waals surface area contributed by atoms with Crippen LogP contribution in [0.5, 0.6) is 0 Å². The highest BCUT2D eigenvalue weighted by Crippen LogP contribution is 2.23. The van der Waals surface area contributed by atoms with Crippen LogP contribution in [0.25, 0.3) is 0 Å². The average molecular weight is 173 g/mol. The summed E-state index contributed by atoms with van der Waals surface area (Å²) in [6, 6.07) is 2.24. The first-order valence-corrected chi connectivity index (χ1v) is 5.63. The molecule has 1 rings (SSSR count). The summed E-state index contributed by atoms with van der Waals surface area (Å²) in [5.74, 6) is 2.62. The Kier molecular flexibility index (Phi) is 3.26. The van der Waals surface area contributed by atoms with Crippen LogP contribution < -0.4 is 0 Å². The van der Waals surface area contributed by atoms with Gasteiger partial charge in [0.05, 0.1) is 0 Å². The van der Waals surface area contributed by atoms with Crippen LogP contribution in [0.15, 0.2) is 0 Å². The fraction of sp³-hybridized carbons (Fsp3) is 1.00. The fourth-order valence-electron chi connectivity index (χ4n) is 2.03. The molecule has 0 bridgehead atoms. The van der Waals surface area contributed by atoms with Gasteiger partial charge in [0.25, 0.3) is 0 Å². The number of hydrogen-bond acceptors (Lipinski definition) is 2. The molecule has 0 N–H and O–H groups in total. The van der Waals surface area contributed by atoms with Gasteiger partial charge in [0, 0.05) is 29.6 Å². The maximum Gasteiger partial charge on any atom is 0.0163 e. The maximum absolute atomic E-state index is 2.62. The van der Waals surface area contributed by atoms with Gasteiger partial charge in [-0.3, -0.25) is 4.90 Å². The molecule has 1 fully saturated rings. The van der Waals surface area contributed by atoms with E-state index in [0.717, 1.165) is 12.1 Å². The third-order valence-corrected chi connectivity index (χ3v) is 3.77. The van der Waals surface area contributed by atoms with Gasteiger partial charge in [-0.15, -0.1) is 0 Å². The van der Waals surface area contributed by atoms with Crippen molar-refractivity contribution in [2.45, 2.75) is 45.8 Å². The first-order chi connectivity index (χ1) is 5.13. The van der Waals surface area contributed by atoms with Crippen LogP contribution >= 0.6 is 11.8 Å². The SMILES string of the molecule is CC(C)N1C(C)CSCC1C. The largest absolute Gasteiger partial charge is 0.294 e. The van der Waals surface area contributed by atoms with Crippen LogP contribution in [0.3, 0.4) is 0 Å². The lowest BCUT2D eigenvalue weighted by Crippen LogP contribution is -2.50. The van der Waals surface area contributed by atoms with Crippen molar-refractivity contribution in [3.05, 3.63) is 0 Å². The lowest BCUT2D eigenvalue weighted by Gasteiger charge is -2.41. The molecule has 0 spiro atoms. The van der Waals surface area contributed by atoms with Crippen LogP contribution in [0.4, 0.5) is 0 Å². The summed E-state index contributed by atoms with van der Waals surface area (Å²) in [6.07, 6.45) is 0. The Balaban J connectivity index is 2.55. The Morgan fingerprint density at radius 2 is 1.64 bits per heavy atom. The number of hydrogen-bond donors (Lipinski definition) is 0. The summed E-state index contributed by atoms with van der Waals surface area (Å²) >= 11 is 2.09. The molecule has 2 atom stereocenters. The molecule has 11 heavy (non-hydrogen) atoms. The van der Waals surface area contributed by atoms with Crippen molar-refractivity contribution in [2.24, 2.45) is 0 Å². The summed E-state index contributed by atoms with van der Waals surface area (Å²) in [4.78, 5) is 2.62. The van der Waals surface area contributed by atoms with Crippen LogP contribution in [0.2, 0.25) is 0 Å². The highest BCUT2D eigenvalue weighted by molar-refractivity contribution is 7.99. The zero-order valence-electron chi connectivity index (χ0n) is 8.00. The van der Waals surface area contributed by atoms with Gasteiger partial charge in [0.15, 0.2) is 0 Å². The Morgan fingerprint density at radius 1 is 1.18 bits per heavy atom. The van der Waals surface area contributed by atoms with Gasteiger partial charge in [0.1, 0.15) is 0 Å². The zero-order valence-corrected chi connectivity index (χ0v) is 8.82. The molecule has 0 aromatic rings. The first-order valence-electron chi connectivity index (χ1n) is 4.48. The molecular weight excluding hydrogens is 154 g/mol. The van der Waals surface area contributed by atoms with E-state index in [1.165, 1.54) is 11.5 Å². The van der Waals surface area contributed by atoms with Gasteiger partial charge in [-0.1, -0.05) is 0 Å². The molecule has 0 aromatic carbocycles. The van der Waals surface area contributed by atoms with Gasteiger partial charge in [-0.2, -0.15) is 11.8 Å². The second-order valence-corrected chi connectivity index (χ2v) is 4.85. The molecule has 2 heteroatoms. The number of nitrogens with zero attached hydrogens (tertiary/aromatic N) is 1. The van der Waals surface area contributed by atoms with Crippen molar-refractivity contribution in [2.75, 3.05) is 11.5 Å². The molecule has 1 heterocycles. The van der Waals surface area contributed by atoms with Crippen molar-refractivity contribution < 1.29 is 0 Å². The van der Waals surface area contributed by atoms with Crippen molar-refractivity contribution in [3.8, 4) is 0 Å². The molecule has 66 valence electrons. The maximum atomic E-state index is 2.62. The molecule has 1 aliphatic heterocycles. The minimum absolute atomic E-state index is 0.709. The topological polar surface area (TPSA) is 3.24 Å². The van der Waals surface area contributed by atoms with E-state index < -0.39 is 0 Å². The third-order valence-electron chi connectivity index (χ3n) is 2.33. The second-order valence-electron chi connectivity index (χ2n) is 3.78. The summed E-state index contributed by atoms with van der Waals surface area (Å²) in [5.41, 5.74) is 0. The second kappa shape index (κ2) is 3.81. The van der Waals surface area contributed by atoms with E-state index in [1.807, 2.05) is 0 Å². The molecule has 0 saturated carbocycles. The minimum atomic E-state index is 0.709. The molecule has 1 nitrogen and oxygen atoms in total. The minimum Gasteiger partial charge on any atom is -0.294 e. The average Bonchev–Trinajstić information content (AvgIpc) is 1.85. The van der Waals surface area contributed by atoms with E-state index in [0.29, 0.717) is 6.04 Å². The van der Waals surface area contributed by atoms with Crippen molar-refractivity contribution in [1.29, 1.82) is 0 Å². The van der Waals surface area contributed by atoms with E-state index in [4.69, 9.17) is 0 Å². The molecule has 1 aliphatic rings. The smallest absolute Gasteiger partial charge is 0.0163 e. The lowest BCUT2D eigenvalue weighted by molar-refractivity contribution is 0.132. The Hall–Kier alpha value is 0.310.